The predicted molar refractivity (Wildman–Crippen MR) is 215 cm³/mol. The zero-order valence-electron chi connectivity index (χ0n) is 29.1. The fraction of sp³-hybridized carbons (Fsp3) is 0.143. The van der Waals surface area contributed by atoms with Gasteiger partial charge in [-0.05, 0) is 113 Å². The number of allylic oxidation sites excluding steroid dienone is 4. The van der Waals surface area contributed by atoms with Crippen LogP contribution in [0.4, 0.5) is 11.4 Å². The quantitative estimate of drug-likeness (QED) is 0.161. The molecule has 50 heavy (non-hydrogen) atoms. The summed E-state index contributed by atoms with van der Waals surface area (Å²) in [5, 5.41) is 7.76. The Bertz CT molecular complexity index is 2660. The number of hydrogen-bond donors (Lipinski definition) is 0. The highest BCUT2D eigenvalue weighted by atomic mass is 15.1. The van der Waals surface area contributed by atoms with Crippen LogP contribution in [-0.2, 0) is 10.8 Å². The maximum absolute atomic E-state index is 4.82. The largest absolute Gasteiger partial charge is 0.337 e. The molecule has 0 N–H and O–H groups in total. The van der Waals surface area contributed by atoms with Crippen LogP contribution in [0.25, 0.3) is 54.6 Å². The minimum absolute atomic E-state index is 0.112. The summed E-state index contributed by atoms with van der Waals surface area (Å²) < 4.78 is 0. The zero-order valence-corrected chi connectivity index (χ0v) is 29.1. The summed E-state index contributed by atoms with van der Waals surface area (Å²) in [6.07, 6.45) is 4.85. The van der Waals surface area contributed by atoms with E-state index in [4.69, 9.17) is 6.58 Å². The highest BCUT2D eigenvalue weighted by Gasteiger charge is 2.40. The Balaban J connectivity index is 1.27. The Morgan fingerprint density at radius 2 is 1.06 bits per heavy atom. The lowest BCUT2D eigenvalue weighted by atomic mass is 9.81. The molecular weight excluding hydrogens is 603 g/mol. The molecule has 0 radical (unpaired) electrons. The van der Waals surface area contributed by atoms with Crippen molar-refractivity contribution in [3.8, 4) is 11.1 Å². The normalized spacial score (nSPS) is 17.9. The van der Waals surface area contributed by atoms with Gasteiger partial charge in [-0.1, -0.05) is 143 Å². The summed E-state index contributed by atoms with van der Waals surface area (Å²) in [5.41, 5.74) is 15.2. The third-order valence-electron chi connectivity index (χ3n) is 12.0. The molecule has 7 aromatic carbocycles. The Kier molecular flexibility index (Phi) is 5.96. The second-order valence-electron chi connectivity index (χ2n) is 15.4. The van der Waals surface area contributed by atoms with Gasteiger partial charge < -0.3 is 4.90 Å². The minimum Gasteiger partial charge on any atom is -0.337 e. The van der Waals surface area contributed by atoms with E-state index in [2.05, 4.69) is 172 Å². The predicted octanol–water partition coefficient (Wildman–Crippen LogP) is 12.9. The van der Waals surface area contributed by atoms with Gasteiger partial charge in [-0.25, -0.2) is 0 Å². The van der Waals surface area contributed by atoms with Gasteiger partial charge in [0.1, 0.15) is 0 Å². The summed E-state index contributed by atoms with van der Waals surface area (Å²) in [4.78, 5) is 2.55. The molecule has 0 aromatic heterocycles. The van der Waals surface area contributed by atoms with Crippen molar-refractivity contribution in [1.29, 1.82) is 0 Å². The Morgan fingerprint density at radius 3 is 1.74 bits per heavy atom. The van der Waals surface area contributed by atoms with Gasteiger partial charge in [0, 0.05) is 34.3 Å². The van der Waals surface area contributed by atoms with E-state index < -0.39 is 0 Å². The highest BCUT2D eigenvalue weighted by Crippen LogP contribution is 2.54. The van der Waals surface area contributed by atoms with Crippen molar-refractivity contribution in [3.05, 3.63) is 180 Å². The van der Waals surface area contributed by atoms with Crippen molar-refractivity contribution < 1.29 is 0 Å². The number of hydrogen-bond acceptors (Lipinski definition) is 1. The molecule has 10 rings (SSSR count). The fourth-order valence-corrected chi connectivity index (χ4v) is 9.47. The smallest absolute Gasteiger partial charge is 0.0496 e. The average Bonchev–Trinajstić information content (AvgIpc) is 3.52. The van der Waals surface area contributed by atoms with Crippen LogP contribution in [-0.4, -0.2) is 6.54 Å². The van der Waals surface area contributed by atoms with Gasteiger partial charge in [0.25, 0.3) is 0 Å². The monoisotopic (exact) mass is 641 g/mol. The van der Waals surface area contributed by atoms with E-state index >= 15 is 0 Å². The van der Waals surface area contributed by atoms with E-state index in [1.165, 1.54) is 93.8 Å². The second-order valence-corrected chi connectivity index (χ2v) is 15.4. The summed E-state index contributed by atoms with van der Waals surface area (Å²) >= 11 is 0. The Labute approximate surface area is 294 Å². The Hall–Kier alpha value is -5.66. The first-order chi connectivity index (χ1) is 24.2. The molecule has 0 bridgehead atoms. The van der Waals surface area contributed by atoms with Gasteiger partial charge in [0.15, 0.2) is 0 Å². The van der Waals surface area contributed by atoms with Crippen molar-refractivity contribution in [3.63, 3.8) is 0 Å². The maximum atomic E-state index is 4.82. The molecule has 7 aromatic rings. The van der Waals surface area contributed by atoms with Crippen LogP contribution in [0.2, 0.25) is 0 Å². The SMILES string of the molecule is C=C1C=C2/C(=C\CN(c3ccc4c5ccccc5c5ccccc5c4c3)c3cc4c(cc31)-c1ccccc1C4(C)C)C(C)(C)c1ccccc12. The van der Waals surface area contributed by atoms with E-state index in [1.807, 2.05) is 0 Å². The molecule has 240 valence electrons. The molecule has 2 aliphatic carbocycles. The van der Waals surface area contributed by atoms with Crippen molar-refractivity contribution in [2.75, 3.05) is 11.4 Å². The third kappa shape index (κ3) is 3.89. The van der Waals surface area contributed by atoms with E-state index in [1.54, 1.807) is 0 Å². The first-order valence-corrected chi connectivity index (χ1v) is 17.8. The molecule has 1 heterocycles. The topological polar surface area (TPSA) is 3.24 Å². The molecule has 3 aliphatic rings. The summed E-state index contributed by atoms with van der Waals surface area (Å²) in [5.74, 6) is 0. The van der Waals surface area contributed by atoms with Gasteiger partial charge in [-0.15, -0.1) is 0 Å². The summed E-state index contributed by atoms with van der Waals surface area (Å²) in [6, 6.07) is 47.6. The summed E-state index contributed by atoms with van der Waals surface area (Å²) in [7, 11) is 0. The lowest BCUT2D eigenvalue weighted by molar-refractivity contribution is 0.658. The minimum atomic E-state index is -0.119. The van der Waals surface area contributed by atoms with Crippen LogP contribution in [0.3, 0.4) is 0 Å². The molecule has 0 unspecified atom stereocenters. The van der Waals surface area contributed by atoms with E-state index in [0.717, 1.165) is 12.1 Å². The molecule has 1 nitrogen and oxygen atoms in total. The molecule has 0 spiro atoms. The van der Waals surface area contributed by atoms with Crippen LogP contribution in [0.1, 0.15) is 55.5 Å². The lowest BCUT2D eigenvalue weighted by Gasteiger charge is -2.30. The average molecular weight is 642 g/mol. The van der Waals surface area contributed by atoms with Crippen LogP contribution in [0.5, 0.6) is 0 Å². The molecule has 0 saturated carbocycles. The number of fused-ring (bicyclic) bond motifs is 13. The van der Waals surface area contributed by atoms with Gasteiger partial charge in [-0.2, -0.15) is 0 Å². The van der Waals surface area contributed by atoms with Gasteiger partial charge in [-0.3, -0.25) is 0 Å². The Morgan fingerprint density at radius 1 is 0.500 bits per heavy atom. The molecule has 1 heteroatoms. The fourth-order valence-electron chi connectivity index (χ4n) is 9.47. The molecule has 0 amide bonds. The number of nitrogens with zero attached hydrogens (tertiary/aromatic N) is 1. The van der Waals surface area contributed by atoms with Crippen molar-refractivity contribution >= 4 is 54.8 Å². The standard InChI is InChI=1S/C49H39N/c1-30-26-41-37-18-10-12-20-43(37)48(2,3)45(41)24-25-50(47-29-46-42(28-39(30)47)38-19-11-13-21-44(38)49(46,4)5)31-22-23-36-34-16-7-6-14-32(34)33-15-8-9-17-35(33)40(36)27-31/h6-24,26-29H,1,25H2,2-5H3/b41-26?,45-24+. The number of rotatable bonds is 1. The first-order valence-electron chi connectivity index (χ1n) is 17.8. The van der Waals surface area contributed by atoms with Gasteiger partial charge in [0.2, 0.25) is 0 Å². The molecule has 0 fully saturated rings. The molecule has 1 aliphatic heterocycles. The second kappa shape index (κ2) is 10.2. The third-order valence-corrected chi connectivity index (χ3v) is 12.0. The van der Waals surface area contributed by atoms with Gasteiger partial charge >= 0.3 is 0 Å². The van der Waals surface area contributed by atoms with Crippen LogP contribution >= 0.6 is 0 Å². The van der Waals surface area contributed by atoms with Crippen molar-refractivity contribution in [2.45, 2.75) is 38.5 Å². The van der Waals surface area contributed by atoms with Crippen LogP contribution < -0.4 is 4.90 Å². The molecule has 0 saturated heterocycles. The van der Waals surface area contributed by atoms with Crippen LogP contribution in [0, 0.1) is 0 Å². The summed E-state index contributed by atoms with van der Waals surface area (Å²) in [6.45, 7) is 15.1. The van der Waals surface area contributed by atoms with Crippen LogP contribution in [0.15, 0.2) is 152 Å². The van der Waals surface area contributed by atoms with E-state index in [-0.39, 0.29) is 10.8 Å². The first kappa shape index (κ1) is 29.3. The van der Waals surface area contributed by atoms with Crippen molar-refractivity contribution in [2.24, 2.45) is 0 Å². The van der Waals surface area contributed by atoms with Gasteiger partial charge in [0.05, 0.1) is 0 Å². The van der Waals surface area contributed by atoms with Crippen molar-refractivity contribution in [1.82, 2.24) is 0 Å². The maximum Gasteiger partial charge on any atom is 0.0496 e. The number of benzene rings is 7. The molecule has 0 atom stereocenters. The lowest BCUT2D eigenvalue weighted by Crippen LogP contribution is -2.22. The number of anilines is 2. The molecular formula is C49H39N. The van der Waals surface area contributed by atoms with E-state index in [0.29, 0.717) is 0 Å². The zero-order chi connectivity index (χ0) is 33.9. The highest BCUT2D eigenvalue weighted by molar-refractivity contribution is 6.25. The van der Waals surface area contributed by atoms with E-state index in [9.17, 15) is 0 Å².